The Balaban J connectivity index is 2.59. The molecule has 94 valence electrons. The lowest BCUT2D eigenvalue weighted by Crippen LogP contribution is -2.30. The molecule has 1 amide bonds. The predicted molar refractivity (Wildman–Crippen MR) is 70.6 cm³/mol. The van der Waals surface area contributed by atoms with Gasteiger partial charge in [-0.2, -0.15) is 0 Å². The molecule has 0 fully saturated rings. The van der Waals surface area contributed by atoms with E-state index in [-0.39, 0.29) is 12.5 Å². The van der Waals surface area contributed by atoms with E-state index in [0.717, 1.165) is 9.35 Å². The minimum Gasteiger partial charge on any atom is -0.481 e. The van der Waals surface area contributed by atoms with Crippen LogP contribution in [0.5, 0.6) is 0 Å². The van der Waals surface area contributed by atoms with E-state index < -0.39 is 5.97 Å². The molecule has 7 heteroatoms. The molecule has 1 unspecified atom stereocenters. The number of hydrogen-bond acceptors (Lipinski definition) is 3. The second kappa shape index (κ2) is 6.98. The van der Waals surface area contributed by atoms with Crippen molar-refractivity contribution in [2.24, 2.45) is 0 Å². The smallest absolute Gasteiger partial charge is 0.303 e. The highest BCUT2D eigenvalue weighted by Gasteiger charge is 2.13. The lowest BCUT2D eigenvalue weighted by molar-refractivity contribution is -0.137. The summed E-state index contributed by atoms with van der Waals surface area (Å²) in [6.45, 7) is 0. The molecule has 0 aliphatic carbocycles. The average Bonchev–Trinajstić information content (AvgIpc) is 2.55. The second-order valence-corrected chi connectivity index (χ2v) is 6.05. The number of rotatable bonds is 7. The zero-order chi connectivity index (χ0) is 12.8. The number of halogens is 2. The average molecular weight is 341 g/mol. The monoisotopic (exact) mass is 339 g/mol. The van der Waals surface area contributed by atoms with E-state index in [1.807, 2.05) is 6.07 Å². The molecule has 0 bridgehead atoms. The van der Waals surface area contributed by atoms with Gasteiger partial charge in [-0.1, -0.05) is 11.6 Å². The summed E-state index contributed by atoms with van der Waals surface area (Å²) in [6, 6.07) is 1.71. The standard InChI is InChI=1S/C10H11BrClNO3S/c11-8-4-7(17-10(8)12)3-6(13-5-14)1-2-9(15)16/h4-6H,1-3H2,(H,13,14)(H,15,16). The normalized spacial score (nSPS) is 12.1. The number of carbonyl (C=O) groups excluding carboxylic acids is 1. The zero-order valence-corrected chi connectivity index (χ0v) is 11.9. The molecule has 0 saturated carbocycles. The fourth-order valence-electron chi connectivity index (χ4n) is 1.37. The quantitative estimate of drug-likeness (QED) is 0.750. The van der Waals surface area contributed by atoms with E-state index in [9.17, 15) is 9.59 Å². The molecule has 1 heterocycles. The third-order valence-corrected chi connectivity index (χ3v) is 4.65. The van der Waals surface area contributed by atoms with E-state index in [1.54, 1.807) is 0 Å². The van der Waals surface area contributed by atoms with Gasteiger partial charge in [0.2, 0.25) is 6.41 Å². The van der Waals surface area contributed by atoms with Crippen LogP contribution in [0.15, 0.2) is 10.5 Å². The van der Waals surface area contributed by atoms with Crippen LogP contribution in [0, 0.1) is 0 Å². The summed E-state index contributed by atoms with van der Waals surface area (Å²) in [5, 5.41) is 11.2. The number of carboxylic acid groups (broad SMARTS) is 1. The third-order valence-electron chi connectivity index (χ3n) is 2.15. The summed E-state index contributed by atoms with van der Waals surface area (Å²) < 4.78 is 1.48. The number of amides is 1. The largest absolute Gasteiger partial charge is 0.481 e. The van der Waals surface area contributed by atoms with Gasteiger partial charge in [0, 0.05) is 28.2 Å². The highest BCUT2D eigenvalue weighted by atomic mass is 79.9. The van der Waals surface area contributed by atoms with Crippen molar-refractivity contribution in [3.8, 4) is 0 Å². The van der Waals surface area contributed by atoms with Crippen LogP contribution >= 0.6 is 38.9 Å². The Bertz CT molecular complexity index is 391. The summed E-state index contributed by atoms with van der Waals surface area (Å²) in [6.07, 6.45) is 1.62. The van der Waals surface area contributed by atoms with Gasteiger partial charge in [-0.25, -0.2) is 0 Å². The fourth-order valence-corrected chi connectivity index (χ4v) is 3.24. The van der Waals surface area contributed by atoms with Crippen molar-refractivity contribution >= 4 is 51.2 Å². The first-order chi connectivity index (χ1) is 8.02. The maximum atomic E-state index is 10.5. The minimum absolute atomic E-state index is 0.0335. The maximum absolute atomic E-state index is 10.5. The molecule has 1 aromatic heterocycles. The Morgan fingerprint density at radius 1 is 1.71 bits per heavy atom. The van der Waals surface area contributed by atoms with Crippen LogP contribution in [-0.2, 0) is 16.0 Å². The number of carboxylic acids is 1. The van der Waals surface area contributed by atoms with Crippen molar-refractivity contribution in [2.75, 3.05) is 0 Å². The van der Waals surface area contributed by atoms with Crippen LogP contribution in [0.25, 0.3) is 0 Å². The van der Waals surface area contributed by atoms with Gasteiger partial charge in [-0.05, 0) is 28.4 Å². The maximum Gasteiger partial charge on any atom is 0.303 e. The van der Waals surface area contributed by atoms with Crippen LogP contribution in [0.1, 0.15) is 17.7 Å². The van der Waals surface area contributed by atoms with E-state index in [1.165, 1.54) is 11.3 Å². The molecular weight excluding hydrogens is 330 g/mol. The van der Waals surface area contributed by atoms with Crippen molar-refractivity contribution in [3.05, 3.63) is 19.8 Å². The summed E-state index contributed by atoms with van der Waals surface area (Å²) >= 11 is 10.6. The first-order valence-corrected chi connectivity index (χ1v) is 6.87. The first-order valence-electron chi connectivity index (χ1n) is 4.88. The summed E-state index contributed by atoms with van der Waals surface area (Å²) in [4.78, 5) is 21.9. The molecule has 0 aromatic carbocycles. The molecule has 0 saturated heterocycles. The van der Waals surface area contributed by atoms with Crippen molar-refractivity contribution in [1.29, 1.82) is 0 Å². The number of hydrogen-bond donors (Lipinski definition) is 2. The lowest BCUT2D eigenvalue weighted by Gasteiger charge is -2.13. The SMILES string of the molecule is O=CNC(CCC(=O)O)Cc1cc(Br)c(Cl)s1. The number of thiophene rings is 1. The van der Waals surface area contributed by atoms with E-state index in [2.05, 4.69) is 21.2 Å². The molecule has 0 aliphatic heterocycles. The number of carbonyl (C=O) groups is 2. The zero-order valence-electron chi connectivity index (χ0n) is 8.78. The van der Waals surface area contributed by atoms with E-state index in [0.29, 0.717) is 23.6 Å². The van der Waals surface area contributed by atoms with E-state index >= 15 is 0 Å². The summed E-state index contributed by atoms with van der Waals surface area (Å²) in [7, 11) is 0. The highest BCUT2D eigenvalue weighted by Crippen LogP contribution is 2.32. The van der Waals surface area contributed by atoms with Gasteiger partial charge in [0.1, 0.15) is 4.34 Å². The van der Waals surface area contributed by atoms with Crippen LogP contribution in [0.3, 0.4) is 0 Å². The number of aliphatic carboxylic acids is 1. The van der Waals surface area contributed by atoms with Gasteiger partial charge < -0.3 is 10.4 Å². The van der Waals surface area contributed by atoms with Crippen LogP contribution in [0.4, 0.5) is 0 Å². The van der Waals surface area contributed by atoms with E-state index in [4.69, 9.17) is 16.7 Å². The Kier molecular flexibility index (Phi) is 5.94. The Hall–Kier alpha value is -0.590. The third kappa shape index (κ3) is 5.06. The predicted octanol–water partition coefficient (Wildman–Crippen LogP) is 2.69. The molecule has 0 spiro atoms. The highest BCUT2D eigenvalue weighted by molar-refractivity contribution is 9.10. The molecule has 17 heavy (non-hydrogen) atoms. The molecule has 4 nitrogen and oxygen atoms in total. The van der Waals surface area contributed by atoms with Gasteiger partial charge in [0.05, 0.1) is 0 Å². The van der Waals surface area contributed by atoms with Crippen molar-refractivity contribution in [2.45, 2.75) is 25.3 Å². The Morgan fingerprint density at radius 2 is 2.41 bits per heavy atom. The van der Waals surface area contributed by atoms with Gasteiger partial charge in [-0.3, -0.25) is 9.59 Å². The van der Waals surface area contributed by atoms with Gasteiger partial charge in [-0.15, -0.1) is 11.3 Å². The molecular formula is C10H11BrClNO3S. The topological polar surface area (TPSA) is 66.4 Å². The molecule has 1 aromatic rings. The number of nitrogens with one attached hydrogen (secondary N) is 1. The first kappa shape index (κ1) is 14.5. The van der Waals surface area contributed by atoms with Gasteiger partial charge in [0.25, 0.3) is 0 Å². The van der Waals surface area contributed by atoms with Gasteiger partial charge in [0.15, 0.2) is 0 Å². The van der Waals surface area contributed by atoms with Crippen molar-refractivity contribution in [3.63, 3.8) is 0 Å². The van der Waals surface area contributed by atoms with Crippen molar-refractivity contribution in [1.82, 2.24) is 5.32 Å². The Labute approximate surface area is 116 Å². The lowest BCUT2D eigenvalue weighted by atomic mass is 10.1. The van der Waals surface area contributed by atoms with Crippen molar-refractivity contribution < 1.29 is 14.7 Å². The Morgan fingerprint density at radius 3 is 2.88 bits per heavy atom. The molecule has 2 N–H and O–H groups in total. The van der Waals surface area contributed by atoms with Crippen LogP contribution in [0.2, 0.25) is 4.34 Å². The van der Waals surface area contributed by atoms with Crippen LogP contribution < -0.4 is 5.32 Å². The minimum atomic E-state index is -0.868. The molecule has 0 aliphatic rings. The molecule has 0 radical (unpaired) electrons. The summed E-state index contributed by atoms with van der Waals surface area (Å²) in [5.74, 6) is -0.868. The molecule has 1 atom stereocenters. The fraction of sp³-hybridized carbons (Fsp3) is 0.400. The summed E-state index contributed by atoms with van der Waals surface area (Å²) in [5.41, 5.74) is 0. The second-order valence-electron chi connectivity index (χ2n) is 3.45. The van der Waals surface area contributed by atoms with Gasteiger partial charge >= 0.3 is 5.97 Å². The molecule has 1 rings (SSSR count). The van der Waals surface area contributed by atoms with Crippen LogP contribution in [-0.4, -0.2) is 23.5 Å².